The number of hydrogen-bond donors (Lipinski definition) is 0. The largest absolute Gasteiger partial charge is 0.482 e. The van der Waals surface area contributed by atoms with Crippen molar-refractivity contribution in [3.8, 4) is 23.5 Å². The molecule has 0 saturated carbocycles. The number of aromatic nitrogens is 2. The Kier molecular flexibility index (Phi) is 11.5. The minimum absolute atomic E-state index is 0.0132. The van der Waals surface area contributed by atoms with Gasteiger partial charge in [0.05, 0.1) is 25.8 Å². The van der Waals surface area contributed by atoms with Crippen molar-refractivity contribution in [2.24, 2.45) is 0 Å². The number of carbonyl (C=O) groups is 2. The Hall–Kier alpha value is -6.18. The highest BCUT2D eigenvalue weighted by molar-refractivity contribution is 5.94. The van der Waals surface area contributed by atoms with Crippen LogP contribution >= 0.6 is 0 Å². The second-order valence-electron chi connectivity index (χ2n) is 13.5. The number of benzene rings is 4. The molecule has 3 heterocycles. The molecule has 0 radical (unpaired) electrons. The average molecular weight is 722 g/mol. The Balaban J connectivity index is 1.06. The summed E-state index contributed by atoms with van der Waals surface area (Å²) in [5, 5.41) is 0. The molecule has 10 heteroatoms. The van der Waals surface area contributed by atoms with Crippen molar-refractivity contribution in [2.75, 3.05) is 32.8 Å². The highest BCUT2D eigenvalue weighted by atomic mass is 16.5. The maximum atomic E-state index is 14.0. The first-order valence-corrected chi connectivity index (χ1v) is 18.3. The number of morpholine rings is 1. The van der Waals surface area contributed by atoms with Gasteiger partial charge in [-0.3, -0.25) is 4.79 Å². The Bertz CT molecular complexity index is 2090. The summed E-state index contributed by atoms with van der Waals surface area (Å²) >= 11 is 0. The van der Waals surface area contributed by atoms with Crippen LogP contribution < -0.4 is 9.47 Å². The SMILES string of the molecule is CC(C)N1C(=O)N(Cc2ncnc(OCc3ccccc3)c2OCc2ccccc2)CC1c1ccc(C#Cc2ccc(C(=O)N3CCOCC3)cc2)cc1. The molecule has 0 N–H and O–H groups in total. The summed E-state index contributed by atoms with van der Waals surface area (Å²) in [6.45, 7) is 7.73. The van der Waals surface area contributed by atoms with Gasteiger partial charge in [-0.2, -0.15) is 4.98 Å². The minimum atomic E-state index is -0.166. The quantitative estimate of drug-likeness (QED) is 0.137. The standard InChI is InChI=1S/C44H43N5O5/c1-32(2)49-40(37-19-15-33(16-20-37)13-14-34-17-21-38(22-18-34)43(50)47-23-25-52-26-24-47)28-48(44(49)51)27-39-41(53-29-35-9-5-3-6-10-35)42(46-31-45-39)54-30-36-11-7-4-8-12-36/h3-12,15-22,31-32,40H,23-30H2,1-2H3. The van der Waals surface area contributed by atoms with E-state index in [9.17, 15) is 9.59 Å². The molecular formula is C44H43N5O5. The highest BCUT2D eigenvalue weighted by Crippen LogP contribution is 2.35. The van der Waals surface area contributed by atoms with Gasteiger partial charge in [-0.05, 0) is 66.9 Å². The van der Waals surface area contributed by atoms with Crippen molar-refractivity contribution in [1.82, 2.24) is 24.7 Å². The fourth-order valence-electron chi connectivity index (χ4n) is 6.62. The Morgan fingerprint density at radius 2 is 1.39 bits per heavy atom. The second kappa shape index (κ2) is 17.1. The molecule has 0 aliphatic carbocycles. The van der Waals surface area contributed by atoms with Crippen LogP contribution in [0.4, 0.5) is 4.79 Å². The summed E-state index contributed by atoms with van der Waals surface area (Å²) in [7, 11) is 0. The van der Waals surface area contributed by atoms with Gasteiger partial charge in [0.15, 0.2) is 0 Å². The Morgan fingerprint density at radius 1 is 0.796 bits per heavy atom. The van der Waals surface area contributed by atoms with Gasteiger partial charge in [-0.1, -0.05) is 84.6 Å². The van der Waals surface area contributed by atoms with Crippen LogP contribution in [0.25, 0.3) is 0 Å². The number of rotatable bonds is 11. The number of carbonyl (C=O) groups excluding carboxylic acids is 2. The number of ether oxygens (including phenoxy) is 3. The molecule has 274 valence electrons. The van der Waals surface area contributed by atoms with Crippen molar-refractivity contribution in [2.45, 2.75) is 45.7 Å². The van der Waals surface area contributed by atoms with E-state index in [1.807, 2.05) is 138 Å². The van der Waals surface area contributed by atoms with Crippen LogP contribution in [0.3, 0.4) is 0 Å². The molecule has 4 aromatic carbocycles. The number of urea groups is 1. The molecule has 5 aromatic rings. The first kappa shape index (κ1) is 36.2. The number of hydrogen-bond acceptors (Lipinski definition) is 7. The van der Waals surface area contributed by atoms with E-state index in [1.54, 1.807) is 0 Å². The molecule has 2 aliphatic rings. The van der Waals surface area contributed by atoms with E-state index in [2.05, 4.69) is 21.8 Å². The van der Waals surface area contributed by atoms with E-state index in [-0.39, 0.29) is 30.6 Å². The zero-order chi connectivity index (χ0) is 37.3. The van der Waals surface area contributed by atoms with Crippen LogP contribution in [0, 0.1) is 11.8 Å². The maximum Gasteiger partial charge on any atom is 0.321 e. The summed E-state index contributed by atoms with van der Waals surface area (Å²) in [4.78, 5) is 41.4. The zero-order valence-corrected chi connectivity index (χ0v) is 30.6. The van der Waals surface area contributed by atoms with E-state index in [0.29, 0.717) is 68.9 Å². The molecule has 3 amide bonds. The third-order valence-corrected chi connectivity index (χ3v) is 9.48. The zero-order valence-electron chi connectivity index (χ0n) is 30.6. The highest BCUT2D eigenvalue weighted by Gasteiger charge is 2.40. The number of amides is 3. The van der Waals surface area contributed by atoms with Crippen LogP contribution in [0.5, 0.6) is 11.6 Å². The van der Waals surface area contributed by atoms with E-state index in [1.165, 1.54) is 6.33 Å². The lowest BCUT2D eigenvalue weighted by atomic mass is 10.0. The van der Waals surface area contributed by atoms with E-state index < -0.39 is 0 Å². The summed E-state index contributed by atoms with van der Waals surface area (Å²) in [5.74, 6) is 7.22. The molecule has 0 bridgehead atoms. The number of nitrogens with zero attached hydrogens (tertiary/aromatic N) is 5. The predicted molar refractivity (Wildman–Crippen MR) is 205 cm³/mol. The maximum absolute atomic E-state index is 14.0. The molecule has 2 aliphatic heterocycles. The molecule has 2 fully saturated rings. The van der Waals surface area contributed by atoms with Gasteiger partial charge in [0.25, 0.3) is 11.8 Å². The van der Waals surface area contributed by atoms with E-state index in [0.717, 1.165) is 27.8 Å². The summed E-state index contributed by atoms with van der Waals surface area (Å²) in [6.07, 6.45) is 1.46. The lowest BCUT2D eigenvalue weighted by Crippen LogP contribution is -2.40. The first-order valence-electron chi connectivity index (χ1n) is 18.3. The molecule has 1 unspecified atom stereocenters. The van der Waals surface area contributed by atoms with Crippen molar-refractivity contribution < 1.29 is 23.8 Å². The molecule has 1 atom stereocenters. The van der Waals surface area contributed by atoms with Crippen LogP contribution in [0.2, 0.25) is 0 Å². The topological polar surface area (TPSA) is 97.3 Å². The van der Waals surface area contributed by atoms with Crippen molar-refractivity contribution in [3.63, 3.8) is 0 Å². The van der Waals surface area contributed by atoms with Crippen LogP contribution in [-0.2, 0) is 24.5 Å². The fourth-order valence-corrected chi connectivity index (χ4v) is 6.62. The summed E-state index contributed by atoms with van der Waals surface area (Å²) < 4.78 is 17.9. The fraction of sp³-hybridized carbons (Fsp3) is 0.273. The summed E-state index contributed by atoms with van der Waals surface area (Å²) in [5.41, 5.74) is 5.91. The molecular weight excluding hydrogens is 679 g/mol. The Labute approximate surface area is 316 Å². The monoisotopic (exact) mass is 721 g/mol. The molecule has 7 rings (SSSR count). The predicted octanol–water partition coefficient (Wildman–Crippen LogP) is 6.89. The van der Waals surface area contributed by atoms with Crippen LogP contribution in [-0.4, -0.2) is 75.5 Å². The lowest BCUT2D eigenvalue weighted by Gasteiger charge is -2.27. The van der Waals surface area contributed by atoms with Gasteiger partial charge in [-0.25, -0.2) is 9.78 Å². The van der Waals surface area contributed by atoms with Crippen LogP contribution in [0.15, 0.2) is 116 Å². The summed E-state index contributed by atoms with van der Waals surface area (Å²) in [6, 6.07) is 34.9. The smallest absolute Gasteiger partial charge is 0.321 e. The normalized spacial score (nSPS) is 15.6. The van der Waals surface area contributed by atoms with Crippen molar-refractivity contribution in [1.29, 1.82) is 0 Å². The Morgan fingerprint density at radius 3 is 2.00 bits per heavy atom. The lowest BCUT2D eigenvalue weighted by molar-refractivity contribution is 0.0303. The molecule has 54 heavy (non-hydrogen) atoms. The van der Waals surface area contributed by atoms with E-state index >= 15 is 0 Å². The average Bonchev–Trinajstić information content (AvgIpc) is 3.55. The third kappa shape index (κ3) is 8.71. The van der Waals surface area contributed by atoms with Gasteiger partial charge in [0.2, 0.25) is 5.75 Å². The van der Waals surface area contributed by atoms with Gasteiger partial charge in [0, 0.05) is 42.4 Å². The van der Waals surface area contributed by atoms with Gasteiger partial charge in [0.1, 0.15) is 25.2 Å². The van der Waals surface area contributed by atoms with Crippen LogP contribution in [0.1, 0.15) is 63.8 Å². The van der Waals surface area contributed by atoms with E-state index in [4.69, 9.17) is 14.2 Å². The van der Waals surface area contributed by atoms with Crippen molar-refractivity contribution in [3.05, 3.63) is 155 Å². The third-order valence-electron chi connectivity index (χ3n) is 9.48. The van der Waals surface area contributed by atoms with Crippen molar-refractivity contribution >= 4 is 11.9 Å². The molecule has 2 saturated heterocycles. The molecule has 10 nitrogen and oxygen atoms in total. The van der Waals surface area contributed by atoms with Gasteiger partial charge >= 0.3 is 6.03 Å². The molecule has 1 aromatic heterocycles. The second-order valence-corrected chi connectivity index (χ2v) is 13.5. The molecule has 0 spiro atoms. The van der Waals surface area contributed by atoms with Gasteiger partial charge in [-0.15, -0.1) is 0 Å². The van der Waals surface area contributed by atoms with Gasteiger partial charge < -0.3 is 28.9 Å². The first-order chi connectivity index (χ1) is 26.4. The minimum Gasteiger partial charge on any atom is -0.482 e.